The zero-order chi connectivity index (χ0) is 12.9. The Bertz CT molecular complexity index is 218. The molecule has 1 rings (SSSR count). The normalized spacial score (nSPS) is 21.5. The van der Waals surface area contributed by atoms with Crippen LogP contribution in [-0.4, -0.2) is 47.3 Å². The van der Waals surface area contributed by atoms with Crippen molar-refractivity contribution in [2.45, 2.75) is 71.0 Å². The molecule has 1 saturated carbocycles. The van der Waals surface area contributed by atoms with Gasteiger partial charge in [0.25, 0.3) is 0 Å². The van der Waals surface area contributed by atoms with Crippen LogP contribution in [0.25, 0.3) is 0 Å². The quantitative estimate of drug-likeness (QED) is 0.649. The van der Waals surface area contributed by atoms with Gasteiger partial charge in [0.05, 0.1) is 6.61 Å². The summed E-state index contributed by atoms with van der Waals surface area (Å²) in [5, 5.41) is 13.2. The summed E-state index contributed by atoms with van der Waals surface area (Å²) in [6.07, 6.45) is 4.77. The topological polar surface area (TPSA) is 35.5 Å². The second-order valence-corrected chi connectivity index (χ2v) is 5.82. The summed E-state index contributed by atoms with van der Waals surface area (Å²) in [5.74, 6) is 0. The smallest absolute Gasteiger partial charge is 0.0611 e. The van der Waals surface area contributed by atoms with Crippen LogP contribution in [0.1, 0.15) is 53.4 Å². The number of hydrogen-bond acceptors (Lipinski definition) is 3. The van der Waals surface area contributed by atoms with Gasteiger partial charge in [-0.2, -0.15) is 0 Å². The van der Waals surface area contributed by atoms with E-state index in [2.05, 4.69) is 37.9 Å². The second-order valence-electron chi connectivity index (χ2n) is 5.82. The van der Waals surface area contributed by atoms with E-state index in [4.69, 9.17) is 0 Å². The van der Waals surface area contributed by atoms with Crippen molar-refractivity contribution in [2.75, 3.05) is 19.7 Å². The molecule has 0 spiro atoms. The minimum atomic E-state index is -0.109. The van der Waals surface area contributed by atoms with Gasteiger partial charge in [0.2, 0.25) is 0 Å². The highest BCUT2D eigenvalue weighted by atomic mass is 16.3. The lowest BCUT2D eigenvalue weighted by Crippen LogP contribution is -2.51. The highest BCUT2D eigenvalue weighted by Gasteiger charge is 2.33. The Hall–Kier alpha value is -0.120. The number of rotatable bonds is 9. The minimum Gasteiger partial charge on any atom is -0.394 e. The van der Waals surface area contributed by atoms with E-state index in [1.54, 1.807) is 0 Å². The van der Waals surface area contributed by atoms with Gasteiger partial charge in [0, 0.05) is 17.6 Å². The fourth-order valence-electron chi connectivity index (χ4n) is 2.65. The van der Waals surface area contributed by atoms with Crippen LogP contribution in [-0.2, 0) is 0 Å². The molecule has 2 atom stereocenters. The molecular weight excluding hydrogens is 212 g/mol. The van der Waals surface area contributed by atoms with Gasteiger partial charge in [-0.1, -0.05) is 13.8 Å². The number of hydrogen-bond donors (Lipinski definition) is 2. The van der Waals surface area contributed by atoms with Crippen molar-refractivity contribution in [3.8, 4) is 0 Å². The molecule has 0 saturated heterocycles. The van der Waals surface area contributed by atoms with Gasteiger partial charge in [-0.25, -0.2) is 0 Å². The molecule has 2 N–H and O–H groups in total. The number of aliphatic hydroxyl groups excluding tert-OH is 1. The summed E-state index contributed by atoms with van der Waals surface area (Å²) in [6.45, 7) is 11.4. The predicted molar refractivity (Wildman–Crippen MR) is 73.3 cm³/mol. The van der Waals surface area contributed by atoms with Gasteiger partial charge in [-0.05, 0) is 52.6 Å². The van der Waals surface area contributed by atoms with Crippen molar-refractivity contribution < 1.29 is 5.11 Å². The molecule has 3 nitrogen and oxygen atoms in total. The van der Waals surface area contributed by atoms with Crippen molar-refractivity contribution in [3.63, 3.8) is 0 Å². The lowest BCUT2D eigenvalue weighted by Gasteiger charge is -2.36. The molecule has 0 bridgehead atoms. The molecule has 1 aliphatic rings. The second kappa shape index (κ2) is 6.72. The standard InChI is InChI=1S/C14H30N2O/c1-5-9-16(6-2)12(3)10-14(4,11-17)15-13-7-8-13/h12-13,15,17H,5-11H2,1-4H3. The SMILES string of the molecule is CCCN(CC)C(C)CC(C)(CO)NC1CC1. The van der Waals surface area contributed by atoms with Crippen LogP contribution in [0.15, 0.2) is 0 Å². The average molecular weight is 242 g/mol. The van der Waals surface area contributed by atoms with Crippen LogP contribution >= 0.6 is 0 Å². The number of nitrogens with zero attached hydrogens (tertiary/aromatic N) is 1. The Balaban J connectivity index is 2.46. The Kier molecular flexibility index (Phi) is 5.90. The van der Waals surface area contributed by atoms with Crippen molar-refractivity contribution in [1.82, 2.24) is 10.2 Å². The Morgan fingerprint density at radius 1 is 1.41 bits per heavy atom. The van der Waals surface area contributed by atoms with Crippen molar-refractivity contribution in [3.05, 3.63) is 0 Å². The fourth-order valence-corrected chi connectivity index (χ4v) is 2.65. The lowest BCUT2D eigenvalue weighted by atomic mass is 9.93. The van der Waals surface area contributed by atoms with Crippen LogP contribution in [0.5, 0.6) is 0 Å². The van der Waals surface area contributed by atoms with E-state index in [1.807, 2.05) is 0 Å². The molecule has 102 valence electrons. The Morgan fingerprint density at radius 2 is 2.06 bits per heavy atom. The first-order valence-corrected chi connectivity index (χ1v) is 7.17. The maximum atomic E-state index is 9.61. The predicted octanol–water partition coefficient (Wildman–Crippen LogP) is 2.00. The Morgan fingerprint density at radius 3 is 2.47 bits per heavy atom. The molecule has 0 amide bonds. The zero-order valence-corrected chi connectivity index (χ0v) is 12.0. The minimum absolute atomic E-state index is 0.109. The maximum absolute atomic E-state index is 9.61. The number of aliphatic hydroxyl groups is 1. The molecule has 2 unspecified atom stereocenters. The van der Waals surface area contributed by atoms with Crippen molar-refractivity contribution in [1.29, 1.82) is 0 Å². The van der Waals surface area contributed by atoms with E-state index in [0.717, 1.165) is 19.5 Å². The first kappa shape index (κ1) is 14.9. The van der Waals surface area contributed by atoms with Crippen LogP contribution < -0.4 is 5.32 Å². The molecule has 17 heavy (non-hydrogen) atoms. The molecule has 0 aromatic heterocycles. The maximum Gasteiger partial charge on any atom is 0.0611 e. The highest BCUT2D eigenvalue weighted by molar-refractivity contribution is 4.94. The zero-order valence-electron chi connectivity index (χ0n) is 12.0. The summed E-state index contributed by atoms with van der Waals surface area (Å²) in [6, 6.07) is 1.18. The lowest BCUT2D eigenvalue weighted by molar-refractivity contribution is 0.115. The van der Waals surface area contributed by atoms with Gasteiger partial charge < -0.3 is 15.3 Å². The van der Waals surface area contributed by atoms with Crippen LogP contribution in [0, 0.1) is 0 Å². The molecule has 1 fully saturated rings. The fraction of sp³-hybridized carbons (Fsp3) is 1.00. The molecule has 0 aliphatic heterocycles. The van der Waals surface area contributed by atoms with Gasteiger partial charge in [0.1, 0.15) is 0 Å². The van der Waals surface area contributed by atoms with Crippen molar-refractivity contribution in [2.24, 2.45) is 0 Å². The molecule has 1 aliphatic carbocycles. The summed E-state index contributed by atoms with van der Waals surface area (Å²) in [5.41, 5.74) is -0.109. The van der Waals surface area contributed by atoms with E-state index in [1.165, 1.54) is 19.3 Å². The summed E-state index contributed by atoms with van der Waals surface area (Å²) in [4.78, 5) is 2.50. The van der Waals surface area contributed by atoms with Crippen LogP contribution in [0.4, 0.5) is 0 Å². The molecular formula is C14H30N2O. The summed E-state index contributed by atoms with van der Waals surface area (Å²) < 4.78 is 0. The van der Waals surface area contributed by atoms with E-state index in [-0.39, 0.29) is 12.1 Å². The van der Waals surface area contributed by atoms with Crippen LogP contribution in [0.2, 0.25) is 0 Å². The van der Waals surface area contributed by atoms with Crippen molar-refractivity contribution >= 4 is 0 Å². The molecule has 3 heteroatoms. The largest absolute Gasteiger partial charge is 0.394 e. The van der Waals surface area contributed by atoms with E-state index >= 15 is 0 Å². The first-order valence-electron chi connectivity index (χ1n) is 7.17. The average Bonchev–Trinajstić information content (AvgIpc) is 3.09. The third kappa shape index (κ3) is 4.94. The van der Waals surface area contributed by atoms with Gasteiger partial charge in [-0.15, -0.1) is 0 Å². The third-order valence-electron chi connectivity index (χ3n) is 3.77. The van der Waals surface area contributed by atoms with Gasteiger partial charge >= 0.3 is 0 Å². The third-order valence-corrected chi connectivity index (χ3v) is 3.77. The Labute approximate surface area is 107 Å². The van der Waals surface area contributed by atoms with Gasteiger partial charge in [-0.3, -0.25) is 0 Å². The van der Waals surface area contributed by atoms with E-state index in [0.29, 0.717) is 12.1 Å². The summed E-state index contributed by atoms with van der Waals surface area (Å²) >= 11 is 0. The molecule has 0 heterocycles. The first-order chi connectivity index (χ1) is 8.04. The van der Waals surface area contributed by atoms with Gasteiger partial charge in [0.15, 0.2) is 0 Å². The molecule has 0 radical (unpaired) electrons. The van der Waals surface area contributed by atoms with E-state index < -0.39 is 0 Å². The molecule has 0 aromatic carbocycles. The molecule has 0 aromatic rings. The van der Waals surface area contributed by atoms with Crippen LogP contribution in [0.3, 0.4) is 0 Å². The highest BCUT2D eigenvalue weighted by Crippen LogP contribution is 2.25. The monoisotopic (exact) mass is 242 g/mol. The van der Waals surface area contributed by atoms with E-state index in [9.17, 15) is 5.11 Å². The number of nitrogens with one attached hydrogen (secondary N) is 1. The summed E-state index contributed by atoms with van der Waals surface area (Å²) in [7, 11) is 0.